The van der Waals surface area contributed by atoms with E-state index in [1.807, 2.05) is 12.3 Å². The van der Waals surface area contributed by atoms with Gasteiger partial charge in [-0.1, -0.05) is 18.2 Å². The normalized spacial score (nSPS) is 20.6. The minimum absolute atomic E-state index is 0.304. The Bertz CT molecular complexity index is 888. The van der Waals surface area contributed by atoms with E-state index in [0.717, 1.165) is 63.0 Å². The lowest BCUT2D eigenvalue weighted by Gasteiger charge is -2.38. The molecule has 134 valence electrons. The summed E-state index contributed by atoms with van der Waals surface area (Å²) in [5, 5.41) is 0. The third-order valence-corrected chi connectivity index (χ3v) is 5.19. The molecule has 3 aromatic rings. The fourth-order valence-electron chi connectivity index (χ4n) is 3.99. The molecule has 0 bridgehead atoms. The van der Waals surface area contributed by atoms with E-state index in [1.165, 1.54) is 5.52 Å². The van der Waals surface area contributed by atoms with Gasteiger partial charge in [-0.05, 0) is 37.1 Å². The van der Waals surface area contributed by atoms with E-state index < -0.39 is 0 Å². The van der Waals surface area contributed by atoms with Gasteiger partial charge in [0.05, 0.1) is 36.2 Å². The summed E-state index contributed by atoms with van der Waals surface area (Å²) in [6, 6.07) is 14.5. The van der Waals surface area contributed by atoms with Crippen LogP contribution in [-0.2, 0) is 18.0 Å². The molecule has 1 saturated heterocycles. The van der Waals surface area contributed by atoms with Gasteiger partial charge in [-0.25, -0.2) is 4.98 Å². The maximum Gasteiger partial charge on any atom is 0.208 e. The van der Waals surface area contributed by atoms with Crippen LogP contribution < -0.4 is 4.90 Å². The van der Waals surface area contributed by atoms with Crippen LogP contribution in [-0.4, -0.2) is 45.4 Å². The minimum atomic E-state index is 0.304. The van der Waals surface area contributed by atoms with Crippen LogP contribution in [0.25, 0.3) is 11.0 Å². The van der Waals surface area contributed by atoms with Crippen molar-refractivity contribution in [3.8, 4) is 0 Å². The predicted molar refractivity (Wildman–Crippen MR) is 101 cm³/mol. The molecule has 2 aromatic heterocycles. The second kappa shape index (κ2) is 6.70. The third-order valence-electron chi connectivity index (χ3n) is 5.19. The van der Waals surface area contributed by atoms with Gasteiger partial charge in [-0.15, -0.1) is 0 Å². The Balaban J connectivity index is 1.47. The van der Waals surface area contributed by atoms with Crippen LogP contribution in [0.4, 0.5) is 5.95 Å². The molecule has 6 nitrogen and oxygen atoms in total. The summed E-state index contributed by atoms with van der Waals surface area (Å²) in [6.45, 7) is 4.28. The number of para-hydroxylation sites is 2. The average Bonchev–Trinajstić information content (AvgIpc) is 3.31. The molecule has 0 saturated carbocycles. The molecule has 1 atom stereocenters. The minimum Gasteiger partial charge on any atom is -0.376 e. The highest BCUT2D eigenvalue weighted by Crippen LogP contribution is 2.28. The first-order valence-electron chi connectivity index (χ1n) is 9.31. The summed E-state index contributed by atoms with van der Waals surface area (Å²) in [6.07, 6.45) is 4.46. The highest BCUT2D eigenvalue weighted by atomic mass is 16.5. The molecule has 2 aliphatic rings. The maximum absolute atomic E-state index is 5.89. The zero-order valence-corrected chi connectivity index (χ0v) is 14.8. The molecule has 0 N–H and O–H groups in total. The van der Waals surface area contributed by atoms with Crippen LogP contribution in [0.5, 0.6) is 0 Å². The van der Waals surface area contributed by atoms with Crippen LogP contribution >= 0.6 is 0 Å². The number of rotatable bonds is 4. The van der Waals surface area contributed by atoms with Crippen LogP contribution in [0.3, 0.4) is 0 Å². The van der Waals surface area contributed by atoms with E-state index in [2.05, 4.69) is 55.7 Å². The number of anilines is 1. The molecule has 2 aliphatic heterocycles. The van der Waals surface area contributed by atoms with Crippen LogP contribution in [0.1, 0.15) is 18.5 Å². The van der Waals surface area contributed by atoms with Gasteiger partial charge in [0.2, 0.25) is 5.95 Å². The number of hydrogen-bond donors (Lipinski definition) is 0. The van der Waals surface area contributed by atoms with Crippen molar-refractivity contribution in [2.75, 3.05) is 24.7 Å². The first-order chi connectivity index (χ1) is 12.9. The van der Waals surface area contributed by atoms with E-state index in [9.17, 15) is 0 Å². The molecule has 0 aliphatic carbocycles. The van der Waals surface area contributed by atoms with Gasteiger partial charge >= 0.3 is 0 Å². The summed E-state index contributed by atoms with van der Waals surface area (Å²) >= 11 is 0. The first kappa shape index (κ1) is 15.8. The van der Waals surface area contributed by atoms with E-state index in [0.29, 0.717) is 6.10 Å². The fraction of sp³-hybridized carbons (Fsp3) is 0.400. The lowest BCUT2D eigenvalue weighted by atomic mass is 10.2. The Kier molecular flexibility index (Phi) is 4.07. The number of hydrogen-bond acceptors (Lipinski definition) is 5. The second-order valence-corrected chi connectivity index (χ2v) is 7.12. The number of nitrogens with zero attached hydrogens (tertiary/aromatic N) is 5. The highest BCUT2D eigenvalue weighted by molar-refractivity contribution is 5.79. The average molecular weight is 349 g/mol. The molecule has 5 rings (SSSR count). The van der Waals surface area contributed by atoms with Gasteiger partial charge in [0.15, 0.2) is 0 Å². The molecule has 0 spiro atoms. The van der Waals surface area contributed by atoms with Crippen LogP contribution in [0.15, 0.2) is 48.7 Å². The Morgan fingerprint density at radius 3 is 2.85 bits per heavy atom. The number of pyridine rings is 1. The largest absolute Gasteiger partial charge is 0.376 e. The molecule has 0 radical (unpaired) electrons. The quantitative estimate of drug-likeness (QED) is 0.725. The van der Waals surface area contributed by atoms with Crippen molar-refractivity contribution in [2.24, 2.45) is 0 Å². The number of aromatic nitrogens is 3. The van der Waals surface area contributed by atoms with E-state index in [-0.39, 0.29) is 0 Å². The zero-order valence-electron chi connectivity index (χ0n) is 14.8. The lowest BCUT2D eigenvalue weighted by Crippen LogP contribution is -2.47. The Morgan fingerprint density at radius 2 is 2.00 bits per heavy atom. The molecule has 6 heteroatoms. The number of benzene rings is 1. The van der Waals surface area contributed by atoms with Crippen molar-refractivity contribution < 1.29 is 4.74 Å². The van der Waals surface area contributed by atoms with Crippen molar-refractivity contribution in [1.82, 2.24) is 19.4 Å². The van der Waals surface area contributed by atoms with Gasteiger partial charge in [0, 0.05) is 25.9 Å². The van der Waals surface area contributed by atoms with Crippen molar-refractivity contribution in [2.45, 2.75) is 32.2 Å². The molecule has 1 aromatic carbocycles. The molecule has 26 heavy (non-hydrogen) atoms. The maximum atomic E-state index is 5.89. The molecule has 4 heterocycles. The van der Waals surface area contributed by atoms with Crippen molar-refractivity contribution >= 4 is 17.0 Å². The first-order valence-corrected chi connectivity index (χ1v) is 9.31. The highest BCUT2D eigenvalue weighted by Gasteiger charge is 2.29. The summed E-state index contributed by atoms with van der Waals surface area (Å²) < 4.78 is 8.20. The molecular weight excluding hydrogens is 326 g/mol. The third kappa shape index (κ3) is 2.95. The van der Waals surface area contributed by atoms with Crippen LogP contribution in [0, 0.1) is 0 Å². The Morgan fingerprint density at radius 1 is 1.08 bits per heavy atom. The number of ether oxygens (including phenoxy) is 1. The molecule has 0 amide bonds. The molecule has 1 fully saturated rings. The second-order valence-electron chi connectivity index (χ2n) is 7.12. The molecular formula is C20H23N5O. The standard InChI is InChI=1S/C20H23N5O/c1-2-9-19-18(8-1)22-20-24(13-17-7-5-11-26-17)14-23(15-25(19)20)12-16-6-3-4-10-21-16/h1-4,6,8-10,17H,5,7,11-15H2. The monoisotopic (exact) mass is 349 g/mol. The molecule has 1 unspecified atom stereocenters. The Labute approximate surface area is 153 Å². The van der Waals surface area contributed by atoms with Crippen LogP contribution in [0.2, 0.25) is 0 Å². The van der Waals surface area contributed by atoms with E-state index in [1.54, 1.807) is 0 Å². The summed E-state index contributed by atoms with van der Waals surface area (Å²) in [7, 11) is 0. The van der Waals surface area contributed by atoms with Crippen molar-refractivity contribution in [3.05, 3.63) is 54.4 Å². The van der Waals surface area contributed by atoms with Gasteiger partial charge < -0.3 is 9.64 Å². The van der Waals surface area contributed by atoms with Gasteiger partial charge in [0.1, 0.15) is 0 Å². The zero-order chi connectivity index (χ0) is 17.3. The summed E-state index contributed by atoms with van der Waals surface area (Å²) in [4.78, 5) is 14.2. The van der Waals surface area contributed by atoms with E-state index in [4.69, 9.17) is 9.72 Å². The van der Waals surface area contributed by atoms with Crippen molar-refractivity contribution in [3.63, 3.8) is 0 Å². The summed E-state index contributed by atoms with van der Waals surface area (Å²) in [5.41, 5.74) is 3.34. The predicted octanol–water partition coefficient (Wildman–Crippen LogP) is 2.85. The number of imidazole rings is 1. The van der Waals surface area contributed by atoms with Crippen molar-refractivity contribution in [1.29, 1.82) is 0 Å². The summed E-state index contributed by atoms with van der Waals surface area (Å²) in [5.74, 6) is 1.05. The van der Waals surface area contributed by atoms with Gasteiger partial charge in [0.25, 0.3) is 0 Å². The van der Waals surface area contributed by atoms with Gasteiger partial charge in [-0.2, -0.15) is 0 Å². The number of fused-ring (bicyclic) bond motifs is 3. The van der Waals surface area contributed by atoms with Gasteiger partial charge in [-0.3, -0.25) is 14.5 Å². The fourth-order valence-corrected chi connectivity index (χ4v) is 3.99. The van der Waals surface area contributed by atoms with E-state index >= 15 is 0 Å². The lowest BCUT2D eigenvalue weighted by molar-refractivity contribution is 0.105. The SMILES string of the molecule is c1ccc(CN2CN(CC3CCCO3)c3nc4ccccc4n3C2)nc1. The Hall–Kier alpha value is -2.44. The topological polar surface area (TPSA) is 46.4 Å². The smallest absolute Gasteiger partial charge is 0.208 e.